The number of nitrogens with one attached hydrogen (secondary N) is 2. The molecule has 9 heteroatoms. The van der Waals surface area contributed by atoms with Crippen LogP contribution in [-0.4, -0.2) is 43.1 Å². The number of nitrogens with zero attached hydrogens (tertiary/aromatic N) is 1. The normalized spacial score (nSPS) is 9.57. The number of methoxy groups -OCH3 is 1. The van der Waals surface area contributed by atoms with E-state index in [1.807, 2.05) is 6.92 Å². The van der Waals surface area contributed by atoms with Crippen molar-refractivity contribution < 1.29 is 23.9 Å². The Morgan fingerprint density at radius 2 is 1.68 bits per heavy atom. The Kier molecular flexibility index (Phi) is 13.2. The van der Waals surface area contributed by atoms with Gasteiger partial charge in [-0.15, -0.1) is 11.3 Å². The number of carbonyl (C=O) groups is 3. The molecule has 8 nitrogen and oxygen atoms in total. The van der Waals surface area contributed by atoms with E-state index >= 15 is 0 Å². The number of aromatic nitrogens is 1. The Hall–Kier alpha value is -2.52. The van der Waals surface area contributed by atoms with Crippen molar-refractivity contribution in [1.29, 1.82) is 0 Å². The smallest absolute Gasteiger partial charge is 0.353 e. The zero-order valence-corrected chi connectivity index (χ0v) is 17.7. The zero-order chi connectivity index (χ0) is 21.5. The molecule has 0 aromatic carbocycles. The average Bonchev–Trinajstić information content (AvgIpc) is 3.17. The highest BCUT2D eigenvalue weighted by Gasteiger charge is 2.17. The highest BCUT2D eigenvalue weighted by Crippen LogP contribution is 2.10. The molecule has 2 N–H and O–H groups in total. The number of ether oxygens (including phenoxy) is 2. The fraction of sp³-hybridized carbons (Fsp3) is 0.474. The molecular weight excluding hydrogens is 382 g/mol. The van der Waals surface area contributed by atoms with Gasteiger partial charge in [-0.05, 0) is 19.3 Å². The zero-order valence-electron chi connectivity index (χ0n) is 16.9. The van der Waals surface area contributed by atoms with Crippen molar-refractivity contribution in [3.8, 4) is 0 Å². The molecule has 0 aliphatic carbocycles. The first kappa shape index (κ1) is 25.5. The molecule has 0 spiro atoms. The number of aryl methyl sites for hydroxylation is 1. The summed E-state index contributed by atoms with van der Waals surface area (Å²) in [6, 6.07) is 0. The molecule has 0 saturated carbocycles. The highest BCUT2D eigenvalue weighted by atomic mass is 32.1. The number of hydrogen-bond donors (Lipinski definition) is 2. The molecule has 1 aromatic heterocycles. The Labute approximate surface area is 170 Å². The van der Waals surface area contributed by atoms with E-state index < -0.39 is 17.8 Å². The van der Waals surface area contributed by atoms with E-state index in [2.05, 4.69) is 47.4 Å². The monoisotopic (exact) mass is 411 g/mol. The van der Waals surface area contributed by atoms with Gasteiger partial charge in [-0.3, -0.25) is 9.59 Å². The van der Waals surface area contributed by atoms with E-state index in [0.29, 0.717) is 0 Å². The molecule has 0 fully saturated rings. The van der Waals surface area contributed by atoms with Crippen LogP contribution in [0.5, 0.6) is 0 Å². The van der Waals surface area contributed by atoms with Gasteiger partial charge in [0.15, 0.2) is 0 Å². The molecule has 0 radical (unpaired) electrons. The van der Waals surface area contributed by atoms with Crippen molar-refractivity contribution in [2.24, 2.45) is 0 Å². The van der Waals surface area contributed by atoms with Crippen LogP contribution in [0.1, 0.15) is 49.1 Å². The van der Waals surface area contributed by atoms with Crippen LogP contribution in [0, 0.1) is 0 Å². The van der Waals surface area contributed by atoms with E-state index in [9.17, 15) is 14.4 Å². The van der Waals surface area contributed by atoms with Crippen LogP contribution in [-0.2, 0) is 25.5 Å². The van der Waals surface area contributed by atoms with Gasteiger partial charge in [-0.2, -0.15) is 0 Å². The predicted octanol–water partition coefficient (Wildman–Crippen LogP) is 2.57. The third-order valence-corrected chi connectivity index (χ3v) is 4.01. The summed E-state index contributed by atoms with van der Waals surface area (Å²) >= 11 is 1.35. The van der Waals surface area contributed by atoms with Crippen LogP contribution >= 0.6 is 11.3 Å². The summed E-state index contributed by atoms with van der Waals surface area (Å²) < 4.78 is 9.51. The lowest BCUT2D eigenvalue weighted by Crippen LogP contribution is -2.35. The Balaban J connectivity index is 0.000000887. The van der Waals surface area contributed by atoms with Crippen LogP contribution in [0.2, 0.25) is 0 Å². The lowest BCUT2D eigenvalue weighted by Gasteiger charge is -2.09. The standard InChI is InChI=1S/C13H15N3O4S.C6H14O/c1-5-10-16-9(6-21-10)12(18)14-7(2)11(17)15-8(3)13(19)20-4;1-3-5-7-6-4-2/h6H,2-3,5H2,1,4H3,(H,14,18)(H,15,17);3-6H2,1-2H3. The number of hydrogen-bond acceptors (Lipinski definition) is 7. The van der Waals surface area contributed by atoms with Crippen LogP contribution in [0.15, 0.2) is 29.9 Å². The molecular formula is C19H29N3O5S. The minimum Gasteiger partial charge on any atom is -0.464 e. The van der Waals surface area contributed by atoms with Gasteiger partial charge in [0.25, 0.3) is 11.8 Å². The lowest BCUT2D eigenvalue weighted by atomic mass is 10.3. The molecule has 0 saturated heterocycles. The maximum Gasteiger partial charge on any atom is 0.353 e. The van der Waals surface area contributed by atoms with Crippen molar-refractivity contribution in [1.82, 2.24) is 15.6 Å². The second-order valence-electron chi connectivity index (χ2n) is 5.45. The van der Waals surface area contributed by atoms with Crippen LogP contribution in [0.3, 0.4) is 0 Å². The molecule has 0 aliphatic heterocycles. The summed E-state index contributed by atoms with van der Waals surface area (Å²) in [6.07, 6.45) is 3.00. The number of rotatable bonds is 10. The van der Waals surface area contributed by atoms with E-state index in [-0.39, 0.29) is 17.1 Å². The molecule has 0 atom stereocenters. The highest BCUT2D eigenvalue weighted by molar-refractivity contribution is 7.09. The summed E-state index contributed by atoms with van der Waals surface area (Å²) in [5, 5.41) is 6.87. The average molecular weight is 412 g/mol. The van der Waals surface area contributed by atoms with E-state index in [0.717, 1.165) is 44.6 Å². The van der Waals surface area contributed by atoms with Gasteiger partial charge in [0.2, 0.25) is 0 Å². The Morgan fingerprint density at radius 3 is 2.14 bits per heavy atom. The first-order valence-electron chi connectivity index (χ1n) is 8.91. The minimum atomic E-state index is -0.783. The van der Waals surface area contributed by atoms with Gasteiger partial charge >= 0.3 is 5.97 Å². The van der Waals surface area contributed by atoms with Crippen molar-refractivity contribution in [3.63, 3.8) is 0 Å². The van der Waals surface area contributed by atoms with Gasteiger partial charge in [-0.25, -0.2) is 9.78 Å². The second kappa shape index (κ2) is 14.5. The van der Waals surface area contributed by atoms with Gasteiger partial charge in [0.05, 0.1) is 17.8 Å². The van der Waals surface area contributed by atoms with Crippen molar-refractivity contribution in [3.05, 3.63) is 40.6 Å². The summed E-state index contributed by atoms with van der Waals surface area (Å²) in [5.41, 5.74) is -0.270. The van der Waals surface area contributed by atoms with Crippen LogP contribution in [0.25, 0.3) is 0 Å². The van der Waals surface area contributed by atoms with Crippen LogP contribution in [0.4, 0.5) is 0 Å². The molecule has 0 aliphatic rings. The number of esters is 1. The predicted molar refractivity (Wildman–Crippen MR) is 109 cm³/mol. The van der Waals surface area contributed by atoms with Crippen molar-refractivity contribution >= 4 is 29.1 Å². The molecule has 0 unspecified atom stereocenters. The van der Waals surface area contributed by atoms with Gasteiger partial charge in [0.1, 0.15) is 11.4 Å². The first-order chi connectivity index (χ1) is 13.3. The maximum absolute atomic E-state index is 11.8. The topological polar surface area (TPSA) is 107 Å². The molecule has 1 heterocycles. The molecule has 1 rings (SSSR count). The second-order valence-corrected chi connectivity index (χ2v) is 6.39. The van der Waals surface area contributed by atoms with E-state index in [1.54, 1.807) is 5.38 Å². The number of carbonyl (C=O) groups excluding carboxylic acids is 3. The molecule has 28 heavy (non-hydrogen) atoms. The number of amides is 2. The molecule has 1 aromatic rings. The minimum absolute atomic E-state index is 0.206. The van der Waals surface area contributed by atoms with Crippen molar-refractivity contribution in [2.75, 3.05) is 20.3 Å². The molecule has 0 bridgehead atoms. The first-order valence-corrected chi connectivity index (χ1v) is 9.79. The quantitative estimate of drug-likeness (QED) is 0.348. The largest absolute Gasteiger partial charge is 0.464 e. The lowest BCUT2D eigenvalue weighted by molar-refractivity contribution is -0.137. The summed E-state index contributed by atoms with van der Waals surface area (Å²) in [7, 11) is 1.16. The third kappa shape index (κ3) is 9.98. The molecule has 2 amide bonds. The molecule has 156 valence electrons. The fourth-order valence-corrected chi connectivity index (χ4v) is 2.34. The summed E-state index contributed by atoms with van der Waals surface area (Å²) in [6.45, 7) is 14.8. The fourth-order valence-electron chi connectivity index (χ4n) is 1.61. The Bertz CT molecular complexity index is 681. The van der Waals surface area contributed by atoms with Crippen LogP contribution < -0.4 is 10.6 Å². The van der Waals surface area contributed by atoms with Crippen molar-refractivity contribution in [2.45, 2.75) is 40.0 Å². The van der Waals surface area contributed by atoms with Gasteiger partial charge in [-0.1, -0.05) is 33.9 Å². The number of thiazole rings is 1. The third-order valence-electron chi connectivity index (χ3n) is 3.02. The summed E-state index contributed by atoms with van der Waals surface area (Å²) in [4.78, 5) is 38.7. The van der Waals surface area contributed by atoms with Gasteiger partial charge < -0.3 is 20.1 Å². The summed E-state index contributed by atoms with van der Waals surface area (Å²) in [5.74, 6) is -2.09. The Morgan fingerprint density at radius 1 is 1.07 bits per heavy atom. The van der Waals surface area contributed by atoms with E-state index in [1.165, 1.54) is 11.3 Å². The SMILES string of the molecule is C=C(NC(=O)c1csc(CC)n1)C(=O)NC(=C)C(=O)OC.CCCOCCC. The van der Waals surface area contributed by atoms with Gasteiger partial charge in [0, 0.05) is 18.6 Å². The maximum atomic E-state index is 11.8. The van der Waals surface area contributed by atoms with E-state index in [4.69, 9.17) is 4.74 Å².